The maximum atomic E-state index is 12.3. The molecule has 9 heteroatoms. The molecule has 1 N–H and O–H groups in total. The van der Waals surface area contributed by atoms with E-state index in [1.54, 1.807) is 23.9 Å². The Morgan fingerprint density at radius 3 is 2.79 bits per heavy atom. The lowest BCUT2D eigenvalue weighted by atomic mass is 10.3. The number of thioether (sulfide) groups is 2. The standard InChI is InChI=1S/C20H21ClN4O2S2/c1-13(27-17-10-5-4-9-16(17)21)19-23-24-20(25(19)2)29-12-18(26)22-14-7-6-8-15(11-14)28-3/h4-11,13H,12H2,1-3H3,(H,22,26). The van der Waals surface area contributed by atoms with Crippen molar-refractivity contribution in [3.63, 3.8) is 0 Å². The lowest BCUT2D eigenvalue weighted by Gasteiger charge is -2.15. The molecule has 1 heterocycles. The molecule has 152 valence electrons. The number of halogens is 1. The van der Waals surface area contributed by atoms with Gasteiger partial charge in [0, 0.05) is 17.6 Å². The van der Waals surface area contributed by atoms with Crippen LogP contribution in [0.5, 0.6) is 5.75 Å². The van der Waals surface area contributed by atoms with Gasteiger partial charge in [-0.2, -0.15) is 0 Å². The summed E-state index contributed by atoms with van der Waals surface area (Å²) in [6.07, 6.45) is 1.66. The molecule has 0 fully saturated rings. The summed E-state index contributed by atoms with van der Waals surface area (Å²) in [4.78, 5) is 13.4. The van der Waals surface area contributed by atoms with Crippen molar-refractivity contribution in [2.24, 2.45) is 7.05 Å². The molecule has 1 atom stereocenters. The molecule has 3 rings (SSSR count). The van der Waals surface area contributed by atoms with Gasteiger partial charge in [0.2, 0.25) is 5.91 Å². The maximum absolute atomic E-state index is 12.3. The molecule has 0 bridgehead atoms. The topological polar surface area (TPSA) is 69.0 Å². The summed E-state index contributed by atoms with van der Waals surface area (Å²) < 4.78 is 7.73. The lowest BCUT2D eigenvalue weighted by molar-refractivity contribution is -0.113. The Kier molecular flexibility index (Phi) is 7.46. The lowest BCUT2D eigenvalue weighted by Crippen LogP contribution is -2.15. The normalized spacial score (nSPS) is 11.9. The summed E-state index contributed by atoms with van der Waals surface area (Å²) in [5.41, 5.74) is 0.780. The second-order valence-electron chi connectivity index (χ2n) is 6.16. The second kappa shape index (κ2) is 10.0. The molecule has 1 aromatic heterocycles. The largest absolute Gasteiger partial charge is 0.481 e. The Morgan fingerprint density at radius 1 is 1.24 bits per heavy atom. The number of hydrogen-bond acceptors (Lipinski definition) is 6. The third kappa shape index (κ3) is 5.68. The molecule has 29 heavy (non-hydrogen) atoms. The third-order valence-electron chi connectivity index (χ3n) is 4.06. The van der Waals surface area contributed by atoms with Gasteiger partial charge in [-0.1, -0.05) is 41.6 Å². The monoisotopic (exact) mass is 448 g/mol. The van der Waals surface area contributed by atoms with Gasteiger partial charge in [0.15, 0.2) is 17.1 Å². The van der Waals surface area contributed by atoms with E-state index in [0.717, 1.165) is 10.6 Å². The van der Waals surface area contributed by atoms with Crippen molar-refractivity contribution < 1.29 is 9.53 Å². The molecule has 2 aromatic carbocycles. The molecule has 0 aliphatic rings. The minimum absolute atomic E-state index is 0.0989. The van der Waals surface area contributed by atoms with Crippen LogP contribution in [0.1, 0.15) is 18.9 Å². The van der Waals surface area contributed by atoms with Crippen LogP contribution >= 0.6 is 35.1 Å². The Bertz CT molecular complexity index is 996. The number of para-hydroxylation sites is 1. The molecule has 1 unspecified atom stereocenters. The van der Waals surface area contributed by atoms with Crippen molar-refractivity contribution in [2.45, 2.75) is 23.1 Å². The predicted molar refractivity (Wildman–Crippen MR) is 119 cm³/mol. The zero-order valence-electron chi connectivity index (χ0n) is 16.3. The number of carbonyl (C=O) groups is 1. The Labute approximate surface area is 183 Å². The number of amides is 1. The van der Waals surface area contributed by atoms with Crippen LogP contribution < -0.4 is 10.1 Å². The number of nitrogens with one attached hydrogen (secondary N) is 1. The molecule has 6 nitrogen and oxygen atoms in total. The van der Waals surface area contributed by atoms with Crippen molar-refractivity contribution in [3.05, 3.63) is 59.4 Å². The Hall–Kier alpha value is -2.16. The van der Waals surface area contributed by atoms with Gasteiger partial charge < -0.3 is 14.6 Å². The van der Waals surface area contributed by atoms with E-state index in [-0.39, 0.29) is 17.8 Å². The highest BCUT2D eigenvalue weighted by molar-refractivity contribution is 7.99. The molecule has 0 aliphatic heterocycles. The van der Waals surface area contributed by atoms with Crippen LogP contribution in [-0.2, 0) is 11.8 Å². The smallest absolute Gasteiger partial charge is 0.234 e. The van der Waals surface area contributed by atoms with Gasteiger partial charge in [0.05, 0.1) is 10.8 Å². The molecule has 0 aliphatic carbocycles. The maximum Gasteiger partial charge on any atom is 0.234 e. The fraction of sp³-hybridized carbons (Fsp3) is 0.250. The molecule has 0 saturated heterocycles. The number of ether oxygens (including phenoxy) is 1. The molecule has 3 aromatic rings. The van der Waals surface area contributed by atoms with E-state index < -0.39 is 0 Å². The first-order valence-electron chi connectivity index (χ1n) is 8.85. The fourth-order valence-corrected chi connectivity index (χ4v) is 3.98. The summed E-state index contributed by atoms with van der Waals surface area (Å²) in [6, 6.07) is 15.0. The van der Waals surface area contributed by atoms with Crippen molar-refractivity contribution in [1.82, 2.24) is 14.8 Å². The zero-order chi connectivity index (χ0) is 20.8. The van der Waals surface area contributed by atoms with Gasteiger partial charge in [-0.05, 0) is 43.5 Å². The number of aromatic nitrogens is 3. The van der Waals surface area contributed by atoms with Crippen LogP contribution in [0, 0.1) is 0 Å². The first-order chi connectivity index (χ1) is 14.0. The molecular formula is C20H21ClN4O2S2. The van der Waals surface area contributed by atoms with Crippen molar-refractivity contribution in [3.8, 4) is 5.75 Å². The van der Waals surface area contributed by atoms with Crippen LogP contribution in [0.15, 0.2) is 58.6 Å². The van der Waals surface area contributed by atoms with E-state index >= 15 is 0 Å². The van der Waals surface area contributed by atoms with Gasteiger partial charge in [0.1, 0.15) is 5.75 Å². The molecular weight excluding hydrogens is 428 g/mol. The minimum Gasteiger partial charge on any atom is -0.481 e. The second-order valence-corrected chi connectivity index (χ2v) is 8.39. The summed E-state index contributed by atoms with van der Waals surface area (Å²) in [7, 11) is 1.85. The van der Waals surface area contributed by atoms with Crippen molar-refractivity contribution >= 4 is 46.7 Å². The van der Waals surface area contributed by atoms with E-state index in [9.17, 15) is 4.79 Å². The first-order valence-corrected chi connectivity index (χ1v) is 11.4. The van der Waals surface area contributed by atoms with E-state index in [2.05, 4.69) is 15.5 Å². The third-order valence-corrected chi connectivity index (χ3v) is 6.12. The Balaban J connectivity index is 1.59. The first kappa shape index (κ1) is 21.5. The summed E-state index contributed by atoms with van der Waals surface area (Å²) >= 11 is 9.11. The fourth-order valence-electron chi connectivity index (χ4n) is 2.62. The average Bonchev–Trinajstić information content (AvgIpc) is 3.09. The van der Waals surface area contributed by atoms with Crippen LogP contribution in [0.3, 0.4) is 0 Å². The van der Waals surface area contributed by atoms with E-state index in [0.29, 0.717) is 21.8 Å². The highest BCUT2D eigenvalue weighted by Crippen LogP contribution is 2.29. The van der Waals surface area contributed by atoms with Crippen LogP contribution in [0.4, 0.5) is 5.69 Å². The number of benzene rings is 2. The Morgan fingerprint density at radius 2 is 2.03 bits per heavy atom. The zero-order valence-corrected chi connectivity index (χ0v) is 18.6. The van der Waals surface area contributed by atoms with E-state index in [1.807, 2.05) is 61.2 Å². The van der Waals surface area contributed by atoms with Crippen molar-refractivity contribution in [2.75, 3.05) is 17.3 Å². The van der Waals surface area contributed by atoms with E-state index in [1.165, 1.54) is 11.8 Å². The number of nitrogens with zero attached hydrogens (tertiary/aromatic N) is 3. The molecule has 0 spiro atoms. The van der Waals surface area contributed by atoms with Gasteiger partial charge in [-0.25, -0.2) is 0 Å². The summed E-state index contributed by atoms with van der Waals surface area (Å²) in [6.45, 7) is 1.88. The van der Waals surface area contributed by atoms with Crippen molar-refractivity contribution in [1.29, 1.82) is 0 Å². The molecule has 0 radical (unpaired) electrons. The summed E-state index contributed by atoms with van der Waals surface area (Å²) in [5, 5.41) is 12.5. The number of anilines is 1. The number of carbonyl (C=O) groups excluding carboxylic acids is 1. The van der Waals surface area contributed by atoms with Gasteiger partial charge in [-0.15, -0.1) is 22.0 Å². The van der Waals surface area contributed by atoms with E-state index in [4.69, 9.17) is 16.3 Å². The van der Waals surface area contributed by atoms with Crippen LogP contribution in [0.25, 0.3) is 0 Å². The molecule has 1 amide bonds. The number of rotatable bonds is 8. The van der Waals surface area contributed by atoms with Gasteiger partial charge in [0.25, 0.3) is 0 Å². The van der Waals surface area contributed by atoms with Gasteiger partial charge in [-0.3, -0.25) is 4.79 Å². The minimum atomic E-state index is -0.343. The quantitative estimate of drug-likeness (QED) is 0.485. The predicted octanol–water partition coefficient (Wildman–Crippen LogP) is 5.06. The average molecular weight is 449 g/mol. The molecule has 0 saturated carbocycles. The number of hydrogen-bond donors (Lipinski definition) is 1. The van der Waals surface area contributed by atoms with Crippen LogP contribution in [0.2, 0.25) is 5.02 Å². The van der Waals surface area contributed by atoms with Crippen LogP contribution in [-0.4, -0.2) is 32.7 Å². The van der Waals surface area contributed by atoms with Gasteiger partial charge >= 0.3 is 0 Å². The summed E-state index contributed by atoms with van der Waals surface area (Å²) in [5.74, 6) is 1.37. The highest BCUT2D eigenvalue weighted by Gasteiger charge is 2.19. The highest BCUT2D eigenvalue weighted by atomic mass is 35.5. The SMILES string of the molecule is CSc1cccc(NC(=O)CSc2nnc(C(C)Oc3ccccc3Cl)n2C)c1.